The summed E-state index contributed by atoms with van der Waals surface area (Å²) in [5.41, 5.74) is 7.36. The van der Waals surface area contributed by atoms with Gasteiger partial charge in [-0.1, -0.05) is 17.4 Å². The van der Waals surface area contributed by atoms with Crippen LogP contribution >= 0.6 is 28.1 Å². The van der Waals surface area contributed by atoms with E-state index < -0.39 is 0 Å². The van der Waals surface area contributed by atoms with Crippen LogP contribution in [0.2, 0.25) is 0 Å². The van der Waals surface area contributed by atoms with Crippen molar-refractivity contribution in [2.75, 3.05) is 11.9 Å². The number of hydrogen-bond acceptors (Lipinski definition) is 5. The number of benzene rings is 1. The van der Waals surface area contributed by atoms with Gasteiger partial charge in [0.05, 0.1) is 0 Å². The summed E-state index contributed by atoms with van der Waals surface area (Å²) in [6.45, 7) is 0.713. The number of hydrogen-bond donors (Lipinski definition) is 2. The number of nitrogens with zero attached hydrogens (tertiary/aromatic N) is 2. The molecule has 0 unspecified atom stereocenters. The maximum absolute atomic E-state index is 5.56. The van der Waals surface area contributed by atoms with E-state index in [-0.39, 0.29) is 0 Å². The largest absolute Gasteiger partial charge is 0.389 e. The molecule has 0 spiro atoms. The molecule has 1 heterocycles. The molecule has 0 fully saturated rings. The van der Waals surface area contributed by atoms with Gasteiger partial charge in [-0.05, 0) is 34.1 Å². The second-order valence-electron chi connectivity index (χ2n) is 3.58. The standard InChI is InChI=1S/C11H11BrN4OS/c12-8-5-7(11(13)18)1-2-9(8)14-4-3-10-15-6-17-16-10/h1-2,5-6,14H,3-4H2,(H2,13,18). The maximum Gasteiger partial charge on any atom is 0.213 e. The van der Waals surface area contributed by atoms with E-state index in [0.717, 1.165) is 15.7 Å². The monoisotopic (exact) mass is 326 g/mol. The van der Waals surface area contributed by atoms with Crippen molar-refractivity contribution in [2.45, 2.75) is 6.42 Å². The van der Waals surface area contributed by atoms with Crippen molar-refractivity contribution in [1.82, 2.24) is 10.1 Å². The molecule has 0 radical (unpaired) electrons. The first-order valence-electron chi connectivity index (χ1n) is 5.25. The molecule has 7 heteroatoms. The Morgan fingerprint density at radius 2 is 2.33 bits per heavy atom. The third kappa shape index (κ3) is 3.27. The summed E-state index contributed by atoms with van der Waals surface area (Å²) in [5.74, 6) is 0.679. The van der Waals surface area contributed by atoms with Gasteiger partial charge < -0.3 is 15.6 Å². The first-order chi connectivity index (χ1) is 8.66. The van der Waals surface area contributed by atoms with Crippen molar-refractivity contribution in [3.05, 3.63) is 40.5 Å². The molecule has 0 bridgehead atoms. The molecule has 94 valence electrons. The Balaban J connectivity index is 1.95. The molecule has 2 aromatic rings. The highest BCUT2D eigenvalue weighted by Gasteiger charge is 2.04. The number of halogens is 1. The van der Waals surface area contributed by atoms with Crippen LogP contribution in [-0.4, -0.2) is 21.7 Å². The Hall–Kier alpha value is -1.47. The highest BCUT2D eigenvalue weighted by molar-refractivity contribution is 9.10. The van der Waals surface area contributed by atoms with Crippen LogP contribution < -0.4 is 11.1 Å². The molecule has 2 rings (SSSR count). The topological polar surface area (TPSA) is 77.0 Å². The lowest BCUT2D eigenvalue weighted by Gasteiger charge is -2.08. The number of aromatic nitrogens is 2. The average Bonchev–Trinajstić information content (AvgIpc) is 2.84. The minimum absolute atomic E-state index is 0.383. The van der Waals surface area contributed by atoms with E-state index in [1.54, 1.807) is 0 Å². The Bertz CT molecular complexity index is 544. The van der Waals surface area contributed by atoms with Gasteiger partial charge in [0, 0.05) is 28.7 Å². The molecule has 0 amide bonds. The van der Waals surface area contributed by atoms with E-state index in [4.69, 9.17) is 18.0 Å². The molecule has 0 aliphatic heterocycles. The molecule has 0 atom stereocenters. The lowest BCUT2D eigenvalue weighted by molar-refractivity contribution is 0.410. The van der Waals surface area contributed by atoms with E-state index in [1.165, 1.54) is 6.39 Å². The van der Waals surface area contributed by atoms with E-state index in [1.807, 2.05) is 18.2 Å². The van der Waals surface area contributed by atoms with Crippen molar-refractivity contribution in [3.8, 4) is 0 Å². The number of anilines is 1. The normalized spacial score (nSPS) is 10.3. The van der Waals surface area contributed by atoms with Gasteiger partial charge in [-0.2, -0.15) is 4.98 Å². The van der Waals surface area contributed by atoms with Gasteiger partial charge in [-0.15, -0.1) is 0 Å². The van der Waals surface area contributed by atoms with Crippen molar-refractivity contribution >= 4 is 38.8 Å². The lowest BCUT2D eigenvalue weighted by atomic mass is 10.2. The SMILES string of the molecule is NC(=S)c1ccc(NCCc2ncon2)c(Br)c1. The Labute approximate surface area is 118 Å². The molecular formula is C11H11BrN4OS. The molecule has 0 aliphatic carbocycles. The van der Waals surface area contributed by atoms with Crippen LogP contribution in [0.5, 0.6) is 0 Å². The Kier molecular flexibility index (Phi) is 4.27. The third-order valence-corrected chi connectivity index (χ3v) is 3.22. The summed E-state index contributed by atoms with van der Waals surface area (Å²) in [6, 6.07) is 5.69. The van der Waals surface area contributed by atoms with Gasteiger partial charge in [0.25, 0.3) is 0 Å². The fraction of sp³-hybridized carbons (Fsp3) is 0.182. The van der Waals surface area contributed by atoms with Crippen LogP contribution in [0.4, 0.5) is 5.69 Å². The van der Waals surface area contributed by atoms with Crippen LogP contribution in [0.15, 0.2) is 33.6 Å². The summed E-state index contributed by atoms with van der Waals surface area (Å²) in [6.07, 6.45) is 2.02. The predicted molar refractivity (Wildman–Crippen MR) is 76.5 cm³/mol. The number of rotatable bonds is 5. The molecule has 0 aliphatic rings. The van der Waals surface area contributed by atoms with Gasteiger partial charge in [-0.25, -0.2) is 0 Å². The van der Waals surface area contributed by atoms with E-state index in [9.17, 15) is 0 Å². The molecule has 18 heavy (non-hydrogen) atoms. The van der Waals surface area contributed by atoms with E-state index >= 15 is 0 Å². The highest BCUT2D eigenvalue weighted by atomic mass is 79.9. The molecule has 1 aromatic carbocycles. The van der Waals surface area contributed by atoms with Crippen molar-refractivity contribution in [1.29, 1.82) is 0 Å². The smallest absolute Gasteiger partial charge is 0.213 e. The summed E-state index contributed by atoms with van der Waals surface area (Å²) in [7, 11) is 0. The minimum atomic E-state index is 0.383. The van der Waals surface area contributed by atoms with Gasteiger partial charge in [-0.3, -0.25) is 0 Å². The number of nitrogens with one attached hydrogen (secondary N) is 1. The average molecular weight is 327 g/mol. The number of nitrogens with two attached hydrogens (primary N) is 1. The quantitative estimate of drug-likeness (QED) is 0.819. The number of thiocarbonyl (C=S) groups is 1. The summed E-state index contributed by atoms with van der Waals surface area (Å²) >= 11 is 8.38. The fourth-order valence-electron chi connectivity index (χ4n) is 1.42. The molecule has 1 aromatic heterocycles. The van der Waals surface area contributed by atoms with E-state index in [0.29, 0.717) is 23.8 Å². The Morgan fingerprint density at radius 1 is 1.50 bits per heavy atom. The Morgan fingerprint density at radius 3 is 2.94 bits per heavy atom. The van der Waals surface area contributed by atoms with Crippen LogP contribution in [0.25, 0.3) is 0 Å². The van der Waals surface area contributed by atoms with Crippen molar-refractivity contribution in [3.63, 3.8) is 0 Å². The molecular weight excluding hydrogens is 316 g/mol. The fourth-order valence-corrected chi connectivity index (χ4v) is 2.07. The zero-order chi connectivity index (χ0) is 13.0. The lowest BCUT2D eigenvalue weighted by Crippen LogP contribution is -2.10. The zero-order valence-electron chi connectivity index (χ0n) is 9.39. The first kappa shape index (κ1) is 13.0. The van der Waals surface area contributed by atoms with Crippen molar-refractivity contribution < 1.29 is 4.52 Å². The van der Waals surface area contributed by atoms with Crippen molar-refractivity contribution in [2.24, 2.45) is 5.73 Å². The second kappa shape index (κ2) is 5.92. The molecule has 0 saturated heterocycles. The van der Waals surface area contributed by atoms with Gasteiger partial charge >= 0.3 is 0 Å². The molecule has 5 nitrogen and oxygen atoms in total. The summed E-state index contributed by atoms with van der Waals surface area (Å²) < 4.78 is 5.57. The van der Waals surface area contributed by atoms with Crippen LogP contribution in [0.3, 0.4) is 0 Å². The van der Waals surface area contributed by atoms with Crippen LogP contribution in [0, 0.1) is 0 Å². The summed E-state index contributed by atoms with van der Waals surface area (Å²) in [4.78, 5) is 4.33. The van der Waals surface area contributed by atoms with Crippen LogP contribution in [0.1, 0.15) is 11.4 Å². The predicted octanol–water partition coefficient (Wildman–Crippen LogP) is 2.12. The highest BCUT2D eigenvalue weighted by Crippen LogP contribution is 2.23. The molecule has 3 N–H and O–H groups in total. The van der Waals surface area contributed by atoms with Gasteiger partial charge in [0.15, 0.2) is 5.82 Å². The third-order valence-electron chi connectivity index (χ3n) is 2.32. The van der Waals surface area contributed by atoms with Crippen LogP contribution in [-0.2, 0) is 6.42 Å². The van der Waals surface area contributed by atoms with E-state index in [2.05, 4.69) is 35.9 Å². The summed E-state index contributed by atoms with van der Waals surface area (Å²) in [5, 5.41) is 7.00. The van der Waals surface area contributed by atoms with Gasteiger partial charge in [0.1, 0.15) is 4.99 Å². The van der Waals surface area contributed by atoms with Gasteiger partial charge in [0.2, 0.25) is 6.39 Å². The second-order valence-corrected chi connectivity index (χ2v) is 4.88. The zero-order valence-corrected chi connectivity index (χ0v) is 11.8. The maximum atomic E-state index is 5.56. The minimum Gasteiger partial charge on any atom is -0.389 e. The first-order valence-corrected chi connectivity index (χ1v) is 6.45. The molecule has 0 saturated carbocycles.